The van der Waals surface area contributed by atoms with E-state index in [0.29, 0.717) is 12.4 Å². The van der Waals surface area contributed by atoms with Gasteiger partial charge in [0.15, 0.2) is 0 Å². The average Bonchev–Trinajstić information content (AvgIpc) is 2.69. The predicted octanol–water partition coefficient (Wildman–Crippen LogP) is 1.27. The number of aliphatic hydroxyl groups is 1. The summed E-state index contributed by atoms with van der Waals surface area (Å²) in [5.74, 6) is 0.109. The zero-order valence-corrected chi connectivity index (χ0v) is 8.89. The van der Waals surface area contributed by atoms with Gasteiger partial charge in [0, 0.05) is 18.6 Å². The van der Waals surface area contributed by atoms with E-state index in [4.69, 9.17) is 5.11 Å². The minimum Gasteiger partial charge on any atom is -0.388 e. The molecule has 0 spiro atoms. The highest BCUT2D eigenvalue weighted by Gasteiger charge is 2.05. The maximum atomic E-state index is 12.8. The quantitative estimate of drug-likeness (QED) is 0.794. The van der Waals surface area contributed by atoms with Crippen LogP contribution in [0.4, 0.5) is 4.39 Å². The number of pyridine rings is 1. The molecule has 2 heterocycles. The molecule has 0 radical (unpaired) electrons. The number of hydrogen-bond donors (Lipinski definition) is 1. The van der Waals surface area contributed by atoms with Crippen molar-refractivity contribution in [1.29, 1.82) is 0 Å². The van der Waals surface area contributed by atoms with Gasteiger partial charge in [0.25, 0.3) is 0 Å². The van der Waals surface area contributed by atoms with Gasteiger partial charge in [-0.15, -0.1) is 0 Å². The first-order valence-electron chi connectivity index (χ1n) is 4.92. The smallest absolute Gasteiger partial charge is 0.213 e. The summed E-state index contributed by atoms with van der Waals surface area (Å²) in [6, 6.07) is 1.39. The first-order valence-corrected chi connectivity index (χ1v) is 4.92. The number of hydrogen-bond acceptors (Lipinski definition) is 3. The van der Waals surface area contributed by atoms with Crippen LogP contribution in [0.15, 0.2) is 24.7 Å². The normalized spacial score (nSPS) is 10.7. The second-order valence-electron chi connectivity index (χ2n) is 3.56. The van der Waals surface area contributed by atoms with E-state index >= 15 is 0 Å². The summed E-state index contributed by atoms with van der Waals surface area (Å²) < 4.78 is 14.6. The Kier molecular flexibility index (Phi) is 2.96. The van der Waals surface area contributed by atoms with E-state index in [0.717, 1.165) is 11.1 Å². The summed E-state index contributed by atoms with van der Waals surface area (Å²) in [6.45, 7) is 2.26. The number of imidazole rings is 1. The van der Waals surface area contributed by atoms with Crippen LogP contribution in [0.1, 0.15) is 17.0 Å². The Morgan fingerprint density at radius 3 is 2.94 bits per heavy atom. The zero-order chi connectivity index (χ0) is 11.5. The molecule has 0 amide bonds. The second-order valence-corrected chi connectivity index (χ2v) is 3.56. The highest BCUT2D eigenvalue weighted by Crippen LogP contribution is 2.10. The third-order valence-electron chi connectivity index (χ3n) is 2.47. The molecule has 2 aromatic heterocycles. The van der Waals surface area contributed by atoms with Crippen molar-refractivity contribution in [3.8, 4) is 0 Å². The fourth-order valence-corrected chi connectivity index (χ4v) is 1.53. The highest BCUT2D eigenvalue weighted by atomic mass is 19.1. The van der Waals surface area contributed by atoms with Crippen LogP contribution >= 0.6 is 0 Å². The monoisotopic (exact) mass is 221 g/mol. The van der Waals surface area contributed by atoms with Crippen molar-refractivity contribution in [3.05, 3.63) is 47.6 Å². The maximum Gasteiger partial charge on any atom is 0.213 e. The van der Waals surface area contributed by atoms with Crippen LogP contribution < -0.4 is 0 Å². The molecule has 0 aliphatic carbocycles. The Morgan fingerprint density at radius 2 is 2.25 bits per heavy atom. The molecule has 0 saturated carbocycles. The Labute approximate surface area is 92.4 Å². The molecule has 0 aromatic carbocycles. The third kappa shape index (κ3) is 2.09. The molecular weight excluding hydrogens is 209 g/mol. The van der Waals surface area contributed by atoms with Crippen LogP contribution in [0.25, 0.3) is 0 Å². The summed E-state index contributed by atoms with van der Waals surface area (Å²) in [4.78, 5) is 7.61. The number of rotatable bonds is 3. The lowest BCUT2D eigenvalue weighted by atomic mass is 10.1. The minimum atomic E-state index is -0.478. The molecule has 16 heavy (non-hydrogen) atoms. The third-order valence-corrected chi connectivity index (χ3v) is 2.47. The van der Waals surface area contributed by atoms with E-state index in [9.17, 15) is 4.39 Å². The molecule has 0 aliphatic rings. The Morgan fingerprint density at radius 1 is 1.44 bits per heavy atom. The summed E-state index contributed by atoms with van der Waals surface area (Å²) in [5.41, 5.74) is 1.75. The van der Waals surface area contributed by atoms with Crippen LogP contribution in [0, 0.1) is 12.9 Å². The fraction of sp³-hybridized carbons (Fsp3) is 0.273. The summed E-state index contributed by atoms with van der Waals surface area (Å²) in [7, 11) is 0. The molecule has 4 nitrogen and oxygen atoms in total. The average molecular weight is 221 g/mol. The number of aryl methyl sites for hydroxylation is 1. The lowest BCUT2D eigenvalue weighted by molar-refractivity contribution is 0.266. The minimum absolute atomic E-state index is 0.110. The number of nitrogens with zero attached hydrogens (tertiary/aromatic N) is 3. The van der Waals surface area contributed by atoms with Crippen LogP contribution in [-0.2, 0) is 13.2 Å². The molecule has 0 bridgehead atoms. The van der Waals surface area contributed by atoms with Crippen molar-refractivity contribution in [2.75, 3.05) is 0 Å². The van der Waals surface area contributed by atoms with E-state index < -0.39 is 5.95 Å². The molecule has 5 heteroatoms. The van der Waals surface area contributed by atoms with Gasteiger partial charge in [-0.05, 0) is 24.1 Å². The van der Waals surface area contributed by atoms with Gasteiger partial charge in [0.2, 0.25) is 5.95 Å². The number of halogens is 1. The number of aliphatic hydroxyl groups excluding tert-OH is 1. The van der Waals surface area contributed by atoms with Gasteiger partial charge < -0.3 is 9.67 Å². The van der Waals surface area contributed by atoms with E-state index in [1.54, 1.807) is 12.4 Å². The van der Waals surface area contributed by atoms with Crippen LogP contribution in [0.2, 0.25) is 0 Å². The van der Waals surface area contributed by atoms with Crippen molar-refractivity contribution >= 4 is 0 Å². The summed E-state index contributed by atoms with van der Waals surface area (Å²) >= 11 is 0. The van der Waals surface area contributed by atoms with Crippen LogP contribution in [-0.4, -0.2) is 19.6 Å². The first kappa shape index (κ1) is 10.8. The van der Waals surface area contributed by atoms with Crippen molar-refractivity contribution in [2.45, 2.75) is 20.1 Å². The predicted molar refractivity (Wildman–Crippen MR) is 56.2 cm³/mol. The van der Waals surface area contributed by atoms with Gasteiger partial charge in [-0.25, -0.2) is 9.97 Å². The summed E-state index contributed by atoms with van der Waals surface area (Å²) in [6.07, 6.45) is 4.90. The largest absolute Gasteiger partial charge is 0.388 e. The highest BCUT2D eigenvalue weighted by molar-refractivity contribution is 5.22. The van der Waals surface area contributed by atoms with Crippen molar-refractivity contribution in [1.82, 2.24) is 14.5 Å². The topological polar surface area (TPSA) is 50.9 Å². The standard InChI is InChI=1S/C11H12FN3O/c1-8-4-10(12)14-5-9(8)6-15-3-2-13-11(15)7-16/h2-5,16H,6-7H2,1H3. The molecule has 0 fully saturated rings. The van der Waals surface area contributed by atoms with Gasteiger partial charge in [-0.1, -0.05) is 0 Å². The second kappa shape index (κ2) is 4.40. The van der Waals surface area contributed by atoms with Gasteiger partial charge in [0.1, 0.15) is 12.4 Å². The first-order chi connectivity index (χ1) is 7.70. The van der Waals surface area contributed by atoms with Crippen molar-refractivity contribution in [3.63, 3.8) is 0 Å². The Balaban J connectivity index is 2.27. The number of aromatic nitrogens is 3. The molecule has 2 aromatic rings. The molecule has 84 valence electrons. The summed E-state index contributed by atoms with van der Waals surface area (Å²) in [5, 5.41) is 9.04. The van der Waals surface area contributed by atoms with Crippen LogP contribution in [0.5, 0.6) is 0 Å². The molecule has 0 unspecified atom stereocenters. The van der Waals surface area contributed by atoms with Gasteiger partial charge in [-0.2, -0.15) is 4.39 Å². The molecular formula is C11H12FN3O. The van der Waals surface area contributed by atoms with Gasteiger partial charge in [0.05, 0.1) is 6.54 Å². The van der Waals surface area contributed by atoms with Crippen LogP contribution in [0.3, 0.4) is 0 Å². The van der Waals surface area contributed by atoms with E-state index in [1.165, 1.54) is 12.3 Å². The zero-order valence-electron chi connectivity index (χ0n) is 8.89. The molecule has 2 rings (SSSR count). The maximum absolute atomic E-state index is 12.8. The van der Waals surface area contributed by atoms with E-state index in [2.05, 4.69) is 9.97 Å². The molecule has 0 saturated heterocycles. The Bertz CT molecular complexity index is 496. The molecule has 0 atom stereocenters. The van der Waals surface area contributed by atoms with Gasteiger partial charge >= 0.3 is 0 Å². The van der Waals surface area contributed by atoms with E-state index in [1.807, 2.05) is 11.5 Å². The lowest BCUT2D eigenvalue weighted by Crippen LogP contribution is -2.06. The van der Waals surface area contributed by atoms with E-state index in [-0.39, 0.29) is 6.61 Å². The van der Waals surface area contributed by atoms with Crippen molar-refractivity contribution < 1.29 is 9.50 Å². The Hall–Kier alpha value is -1.75. The molecule has 1 N–H and O–H groups in total. The SMILES string of the molecule is Cc1cc(F)ncc1Cn1ccnc1CO. The lowest BCUT2D eigenvalue weighted by Gasteiger charge is -2.08. The van der Waals surface area contributed by atoms with Crippen molar-refractivity contribution in [2.24, 2.45) is 0 Å². The molecule has 0 aliphatic heterocycles. The van der Waals surface area contributed by atoms with Gasteiger partial charge in [-0.3, -0.25) is 0 Å². The fourth-order valence-electron chi connectivity index (χ4n) is 1.53.